The van der Waals surface area contributed by atoms with E-state index in [4.69, 9.17) is 0 Å². The molecule has 0 aromatic carbocycles. The van der Waals surface area contributed by atoms with E-state index in [-0.39, 0.29) is 11.7 Å². The standard InChI is InChI=1S/C13H17N5O2/c1-17-8-14-7-10(17)12-11(13(19)20)15-16-18(12)9-5-3-2-4-6-9/h7-9H,2-6H2,1H3,(H,19,20). The molecule has 1 aliphatic carbocycles. The SMILES string of the molecule is Cn1cncc1-c1c(C(=O)O)nnn1C1CCCCC1. The van der Waals surface area contributed by atoms with E-state index in [9.17, 15) is 9.90 Å². The predicted molar refractivity (Wildman–Crippen MR) is 71.3 cm³/mol. The molecule has 1 saturated carbocycles. The van der Waals surface area contributed by atoms with Crippen molar-refractivity contribution < 1.29 is 9.90 Å². The van der Waals surface area contributed by atoms with E-state index >= 15 is 0 Å². The molecule has 20 heavy (non-hydrogen) atoms. The van der Waals surface area contributed by atoms with Gasteiger partial charge in [-0.2, -0.15) is 0 Å². The first kappa shape index (κ1) is 12.8. The van der Waals surface area contributed by atoms with Crippen molar-refractivity contribution in [2.24, 2.45) is 7.05 Å². The zero-order valence-corrected chi connectivity index (χ0v) is 11.4. The largest absolute Gasteiger partial charge is 0.476 e. The molecule has 0 atom stereocenters. The molecule has 2 aromatic heterocycles. The molecular formula is C13H17N5O2. The van der Waals surface area contributed by atoms with Crippen molar-refractivity contribution in [3.05, 3.63) is 18.2 Å². The molecule has 106 valence electrons. The van der Waals surface area contributed by atoms with Crippen LogP contribution < -0.4 is 0 Å². The highest BCUT2D eigenvalue weighted by molar-refractivity contribution is 5.92. The number of carbonyl (C=O) groups is 1. The first-order chi connectivity index (χ1) is 9.68. The van der Waals surface area contributed by atoms with Crippen LogP contribution in [-0.4, -0.2) is 35.6 Å². The number of aryl methyl sites for hydroxylation is 1. The molecule has 2 heterocycles. The Morgan fingerprint density at radius 1 is 1.35 bits per heavy atom. The van der Waals surface area contributed by atoms with Gasteiger partial charge in [0.2, 0.25) is 0 Å². The fourth-order valence-corrected chi connectivity index (χ4v) is 2.84. The van der Waals surface area contributed by atoms with Gasteiger partial charge in [-0.05, 0) is 12.8 Å². The highest BCUT2D eigenvalue weighted by Gasteiger charge is 2.27. The van der Waals surface area contributed by atoms with Gasteiger partial charge in [0, 0.05) is 7.05 Å². The number of carboxylic acids is 1. The first-order valence-corrected chi connectivity index (χ1v) is 6.83. The Labute approximate surface area is 116 Å². The van der Waals surface area contributed by atoms with Gasteiger partial charge in [-0.1, -0.05) is 24.5 Å². The minimum atomic E-state index is -1.05. The summed E-state index contributed by atoms with van der Waals surface area (Å²) in [6, 6.07) is 0.231. The number of aromatic nitrogens is 5. The maximum absolute atomic E-state index is 11.4. The molecule has 0 bridgehead atoms. The Bertz CT molecular complexity index is 624. The number of hydrogen-bond donors (Lipinski definition) is 1. The van der Waals surface area contributed by atoms with Gasteiger partial charge in [0.05, 0.1) is 24.3 Å². The van der Waals surface area contributed by atoms with E-state index in [1.165, 1.54) is 6.42 Å². The molecule has 7 nitrogen and oxygen atoms in total. The highest BCUT2D eigenvalue weighted by Crippen LogP contribution is 2.32. The second-order valence-electron chi connectivity index (χ2n) is 5.22. The zero-order chi connectivity index (χ0) is 14.1. The van der Waals surface area contributed by atoms with Crippen LogP contribution in [0, 0.1) is 0 Å². The lowest BCUT2D eigenvalue weighted by Gasteiger charge is -2.23. The van der Waals surface area contributed by atoms with Crippen molar-refractivity contribution in [1.29, 1.82) is 0 Å². The van der Waals surface area contributed by atoms with Crippen LogP contribution in [0.1, 0.15) is 48.6 Å². The summed E-state index contributed by atoms with van der Waals surface area (Å²) in [6.45, 7) is 0. The molecular weight excluding hydrogens is 258 g/mol. The Balaban J connectivity index is 2.11. The summed E-state index contributed by atoms with van der Waals surface area (Å²) >= 11 is 0. The van der Waals surface area contributed by atoms with Crippen LogP contribution in [0.15, 0.2) is 12.5 Å². The predicted octanol–water partition coefficient (Wildman–Crippen LogP) is 1.88. The zero-order valence-electron chi connectivity index (χ0n) is 11.4. The summed E-state index contributed by atoms with van der Waals surface area (Å²) in [5.41, 5.74) is 1.29. The molecule has 0 saturated heterocycles. The van der Waals surface area contributed by atoms with Crippen LogP contribution in [0.4, 0.5) is 0 Å². The number of nitrogens with zero attached hydrogens (tertiary/aromatic N) is 5. The Morgan fingerprint density at radius 2 is 2.10 bits per heavy atom. The second-order valence-corrected chi connectivity index (χ2v) is 5.22. The molecule has 0 spiro atoms. The summed E-state index contributed by atoms with van der Waals surface area (Å²) in [5.74, 6) is -1.05. The third-order valence-electron chi connectivity index (χ3n) is 3.88. The summed E-state index contributed by atoms with van der Waals surface area (Å²) < 4.78 is 3.57. The minimum Gasteiger partial charge on any atom is -0.476 e. The van der Waals surface area contributed by atoms with Crippen LogP contribution in [0.25, 0.3) is 11.4 Å². The summed E-state index contributed by atoms with van der Waals surface area (Å²) in [7, 11) is 1.84. The van der Waals surface area contributed by atoms with Crippen molar-refractivity contribution in [3.8, 4) is 11.4 Å². The van der Waals surface area contributed by atoms with Crippen molar-refractivity contribution in [3.63, 3.8) is 0 Å². The van der Waals surface area contributed by atoms with E-state index < -0.39 is 5.97 Å². The number of rotatable bonds is 3. The smallest absolute Gasteiger partial charge is 0.358 e. The Morgan fingerprint density at radius 3 is 2.70 bits per heavy atom. The summed E-state index contributed by atoms with van der Waals surface area (Å²) in [5, 5.41) is 17.3. The number of hydrogen-bond acceptors (Lipinski definition) is 4. The fraction of sp³-hybridized carbons (Fsp3) is 0.538. The minimum absolute atomic E-state index is 0.000765. The van der Waals surface area contributed by atoms with Crippen molar-refractivity contribution >= 4 is 5.97 Å². The number of carboxylic acid groups (broad SMARTS) is 1. The third kappa shape index (κ3) is 2.09. The van der Waals surface area contributed by atoms with Crippen molar-refractivity contribution in [2.45, 2.75) is 38.1 Å². The van der Waals surface area contributed by atoms with E-state index in [1.54, 1.807) is 21.8 Å². The van der Waals surface area contributed by atoms with Crippen LogP contribution in [0.5, 0.6) is 0 Å². The van der Waals surface area contributed by atoms with Gasteiger partial charge in [-0.25, -0.2) is 14.5 Å². The van der Waals surface area contributed by atoms with Crippen molar-refractivity contribution in [1.82, 2.24) is 24.5 Å². The third-order valence-corrected chi connectivity index (χ3v) is 3.88. The molecule has 0 unspecified atom stereocenters. The van der Waals surface area contributed by atoms with Gasteiger partial charge < -0.3 is 9.67 Å². The van der Waals surface area contributed by atoms with Crippen LogP contribution in [-0.2, 0) is 7.05 Å². The van der Waals surface area contributed by atoms with Crippen LogP contribution in [0.3, 0.4) is 0 Å². The lowest BCUT2D eigenvalue weighted by Crippen LogP contribution is -2.16. The van der Waals surface area contributed by atoms with E-state index in [0.717, 1.165) is 31.4 Å². The van der Waals surface area contributed by atoms with Gasteiger partial charge in [0.25, 0.3) is 0 Å². The monoisotopic (exact) mass is 275 g/mol. The van der Waals surface area contributed by atoms with Crippen molar-refractivity contribution in [2.75, 3.05) is 0 Å². The van der Waals surface area contributed by atoms with Gasteiger partial charge in [-0.15, -0.1) is 5.10 Å². The molecule has 0 amide bonds. The van der Waals surface area contributed by atoms with Crippen LogP contribution in [0.2, 0.25) is 0 Å². The van der Waals surface area contributed by atoms with E-state index in [0.29, 0.717) is 5.69 Å². The number of aromatic carboxylic acids is 1. The average molecular weight is 275 g/mol. The van der Waals surface area contributed by atoms with Gasteiger partial charge in [0.1, 0.15) is 5.69 Å². The topological polar surface area (TPSA) is 85.8 Å². The normalized spacial score (nSPS) is 16.4. The lowest BCUT2D eigenvalue weighted by atomic mass is 9.95. The van der Waals surface area contributed by atoms with E-state index in [2.05, 4.69) is 15.3 Å². The summed E-state index contributed by atoms with van der Waals surface area (Å²) in [6.07, 6.45) is 8.89. The van der Waals surface area contributed by atoms with Gasteiger partial charge in [-0.3, -0.25) is 0 Å². The molecule has 0 radical (unpaired) electrons. The quantitative estimate of drug-likeness (QED) is 0.924. The van der Waals surface area contributed by atoms with E-state index in [1.807, 2.05) is 7.05 Å². The molecule has 2 aromatic rings. The van der Waals surface area contributed by atoms with Crippen LogP contribution >= 0.6 is 0 Å². The second kappa shape index (κ2) is 5.07. The average Bonchev–Trinajstić information content (AvgIpc) is 3.05. The molecule has 7 heteroatoms. The lowest BCUT2D eigenvalue weighted by molar-refractivity contribution is 0.0691. The molecule has 0 aliphatic heterocycles. The molecule has 1 aliphatic rings. The highest BCUT2D eigenvalue weighted by atomic mass is 16.4. The Hall–Kier alpha value is -2.18. The van der Waals surface area contributed by atoms with Gasteiger partial charge >= 0.3 is 5.97 Å². The molecule has 1 fully saturated rings. The summed E-state index contributed by atoms with van der Waals surface area (Å²) in [4.78, 5) is 15.4. The molecule has 3 rings (SSSR count). The Kier molecular flexibility index (Phi) is 3.25. The molecule has 1 N–H and O–H groups in total. The number of imidazole rings is 1. The van der Waals surface area contributed by atoms with Gasteiger partial charge in [0.15, 0.2) is 5.69 Å². The maximum atomic E-state index is 11.4. The fourth-order valence-electron chi connectivity index (χ4n) is 2.84. The first-order valence-electron chi connectivity index (χ1n) is 6.83. The maximum Gasteiger partial charge on any atom is 0.358 e.